The molecule has 0 saturated carbocycles. The highest BCUT2D eigenvalue weighted by atomic mass is 32.1. The van der Waals surface area contributed by atoms with Crippen molar-refractivity contribution in [3.05, 3.63) is 76.7 Å². The largest absolute Gasteiger partial charge is 0.490 e. The molecule has 1 aromatic heterocycles. The van der Waals surface area contributed by atoms with Crippen LogP contribution in [0.15, 0.2) is 60.0 Å². The van der Waals surface area contributed by atoms with Crippen molar-refractivity contribution in [2.24, 2.45) is 0 Å². The highest BCUT2D eigenvalue weighted by Crippen LogP contribution is 2.39. The first kappa shape index (κ1) is 16.4. The van der Waals surface area contributed by atoms with Crippen LogP contribution >= 0.6 is 11.3 Å². The monoisotopic (exact) mass is 348 g/mol. The summed E-state index contributed by atoms with van der Waals surface area (Å²) in [5.41, 5.74) is 5.50. The fourth-order valence-corrected chi connectivity index (χ4v) is 4.35. The van der Waals surface area contributed by atoms with Crippen LogP contribution in [-0.2, 0) is 12.8 Å². The lowest BCUT2D eigenvalue weighted by Crippen LogP contribution is -2.12. The normalized spacial score (nSPS) is 15.8. The molecule has 0 radical (unpaired) electrons. The molecular weight excluding hydrogens is 324 g/mol. The Bertz CT molecular complexity index is 821. The van der Waals surface area contributed by atoms with Crippen molar-refractivity contribution in [1.82, 2.24) is 0 Å². The van der Waals surface area contributed by atoms with Crippen molar-refractivity contribution < 1.29 is 4.74 Å². The molecule has 3 aromatic rings. The highest BCUT2D eigenvalue weighted by molar-refractivity contribution is 7.13. The average molecular weight is 349 g/mol. The maximum absolute atomic E-state index is 6.33. The van der Waals surface area contributed by atoms with E-state index in [4.69, 9.17) is 4.74 Å². The first-order valence-corrected chi connectivity index (χ1v) is 10.1. The van der Waals surface area contributed by atoms with Crippen molar-refractivity contribution in [2.75, 3.05) is 0 Å². The minimum Gasteiger partial charge on any atom is -0.490 e. The molecule has 1 aliphatic heterocycles. The van der Waals surface area contributed by atoms with Crippen LogP contribution in [0.3, 0.4) is 0 Å². The second-order valence-electron chi connectivity index (χ2n) is 6.84. The second-order valence-corrected chi connectivity index (χ2v) is 7.79. The molecule has 0 bridgehead atoms. The van der Waals surface area contributed by atoms with Gasteiger partial charge in [0.15, 0.2) is 0 Å². The van der Waals surface area contributed by atoms with Gasteiger partial charge in [0.2, 0.25) is 0 Å². The van der Waals surface area contributed by atoms with Crippen LogP contribution in [0.1, 0.15) is 42.9 Å². The summed E-state index contributed by atoms with van der Waals surface area (Å²) < 4.78 is 6.33. The van der Waals surface area contributed by atoms with E-state index in [-0.39, 0.29) is 0 Å². The smallest absolute Gasteiger partial charge is 0.123 e. The number of benzene rings is 2. The van der Waals surface area contributed by atoms with Crippen LogP contribution in [-0.4, -0.2) is 6.10 Å². The summed E-state index contributed by atoms with van der Waals surface area (Å²) in [5, 5.41) is 2.14. The predicted molar refractivity (Wildman–Crippen MR) is 107 cm³/mol. The van der Waals surface area contributed by atoms with Gasteiger partial charge in [-0.1, -0.05) is 56.2 Å². The Morgan fingerprint density at radius 3 is 2.72 bits per heavy atom. The third-order valence-corrected chi connectivity index (χ3v) is 5.87. The molecule has 0 fully saturated rings. The zero-order valence-corrected chi connectivity index (χ0v) is 15.5. The van der Waals surface area contributed by atoms with Crippen LogP contribution < -0.4 is 4.74 Å². The van der Waals surface area contributed by atoms with E-state index >= 15 is 0 Å². The number of rotatable bonds is 6. The van der Waals surface area contributed by atoms with E-state index < -0.39 is 0 Å². The molecule has 2 heterocycles. The minimum absolute atomic E-state index is 0.350. The third kappa shape index (κ3) is 3.64. The SMILES string of the molecule is CCCCC1Cc2c(Cc3ccccc3)cc(-c3cccs3)cc2O1. The van der Waals surface area contributed by atoms with Crippen molar-refractivity contribution in [3.8, 4) is 16.2 Å². The lowest BCUT2D eigenvalue weighted by molar-refractivity contribution is 0.217. The Morgan fingerprint density at radius 1 is 1.08 bits per heavy atom. The molecule has 128 valence electrons. The number of unbranched alkanes of at least 4 members (excludes halogenated alkanes) is 1. The Morgan fingerprint density at radius 2 is 1.96 bits per heavy atom. The van der Waals surface area contributed by atoms with E-state index in [0.717, 1.165) is 25.0 Å². The molecule has 25 heavy (non-hydrogen) atoms. The first-order valence-electron chi connectivity index (χ1n) is 9.23. The summed E-state index contributed by atoms with van der Waals surface area (Å²) in [6, 6.07) is 19.7. The molecule has 0 aliphatic carbocycles. The molecule has 1 aliphatic rings. The van der Waals surface area contributed by atoms with Gasteiger partial charge in [-0.05, 0) is 53.1 Å². The molecular formula is C23H24OS. The number of ether oxygens (including phenoxy) is 1. The van der Waals surface area contributed by atoms with E-state index in [1.807, 2.05) is 0 Å². The number of thiophene rings is 1. The minimum atomic E-state index is 0.350. The molecule has 0 saturated heterocycles. The van der Waals surface area contributed by atoms with Gasteiger partial charge in [-0.2, -0.15) is 0 Å². The van der Waals surface area contributed by atoms with Crippen molar-refractivity contribution in [2.45, 2.75) is 45.1 Å². The topological polar surface area (TPSA) is 9.23 Å². The number of hydrogen-bond acceptors (Lipinski definition) is 2. The van der Waals surface area contributed by atoms with Gasteiger partial charge >= 0.3 is 0 Å². The fraction of sp³-hybridized carbons (Fsp3) is 0.304. The van der Waals surface area contributed by atoms with Crippen molar-refractivity contribution in [1.29, 1.82) is 0 Å². The van der Waals surface area contributed by atoms with Gasteiger partial charge in [-0.3, -0.25) is 0 Å². The van der Waals surface area contributed by atoms with Crippen LogP contribution in [0.2, 0.25) is 0 Å². The molecule has 1 nitrogen and oxygen atoms in total. The van der Waals surface area contributed by atoms with E-state index in [0.29, 0.717) is 6.10 Å². The van der Waals surface area contributed by atoms with Gasteiger partial charge in [0.05, 0.1) is 0 Å². The standard InChI is InChI=1S/C23H24OS/c1-2-3-10-20-16-21-18(13-17-8-5-4-6-9-17)14-19(15-22(21)24-20)23-11-7-12-25-23/h4-9,11-12,14-15,20H,2-3,10,13,16H2,1H3. The summed E-state index contributed by atoms with van der Waals surface area (Å²) in [7, 11) is 0. The van der Waals surface area contributed by atoms with Gasteiger partial charge in [-0.25, -0.2) is 0 Å². The average Bonchev–Trinajstić information content (AvgIpc) is 3.30. The zero-order valence-electron chi connectivity index (χ0n) is 14.7. The number of hydrogen-bond donors (Lipinski definition) is 0. The van der Waals surface area contributed by atoms with Crippen LogP contribution in [0.4, 0.5) is 0 Å². The second kappa shape index (κ2) is 7.45. The van der Waals surface area contributed by atoms with Gasteiger partial charge in [-0.15, -0.1) is 11.3 Å². The molecule has 2 heteroatoms. The van der Waals surface area contributed by atoms with Crippen molar-refractivity contribution in [3.63, 3.8) is 0 Å². The van der Waals surface area contributed by atoms with Crippen LogP contribution in [0, 0.1) is 0 Å². The molecule has 0 N–H and O–H groups in total. The molecule has 0 spiro atoms. The fourth-order valence-electron chi connectivity index (χ4n) is 3.64. The Balaban J connectivity index is 1.69. The maximum atomic E-state index is 6.33. The quantitative estimate of drug-likeness (QED) is 0.494. The molecule has 1 unspecified atom stereocenters. The lowest BCUT2D eigenvalue weighted by atomic mass is 9.94. The Hall–Kier alpha value is -2.06. The number of fused-ring (bicyclic) bond motifs is 1. The van der Waals surface area contributed by atoms with E-state index in [9.17, 15) is 0 Å². The van der Waals surface area contributed by atoms with Crippen molar-refractivity contribution >= 4 is 11.3 Å². The Labute approximate surface area is 154 Å². The van der Waals surface area contributed by atoms with Gasteiger partial charge < -0.3 is 4.74 Å². The van der Waals surface area contributed by atoms with Gasteiger partial charge in [0, 0.05) is 16.9 Å². The van der Waals surface area contributed by atoms with Gasteiger partial charge in [0.1, 0.15) is 11.9 Å². The molecule has 4 rings (SSSR count). The molecule has 2 aromatic carbocycles. The van der Waals surface area contributed by atoms with Gasteiger partial charge in [0.25, 0.3) is 0 Å². The summed E-state index contributed by atoms with van der Waals surface area (Å²) in [6.07, 6.45) is 6.01. The summed E-state index contributed by atoms with van der Waals surface area (Å²) >= 11 is 1.80. The third-order valence-electron chi connectivity index (χ3n) is 4.95. The van der Waals surface area contributed by atoms with E-state index in [1.54, 1.807) is 11.3 Å². The highest BCUT2D eigenvalue weighted by Gasteiger charge is 2.26. The lowest BCUT2D eigenvalue weighted by Gasteiger charge is -2.11. The van der Waals surface area contributed by atoms with E-state index in [1.165, 1.54) is 40.0 Å². The zero-order chi connectivity index (χ0) is 17.1. The summed E-state index contributed by atoms with van der Waals surface area (Å²) in [6.45, 7) is 2.25. The van der Waals surface area contributed by atoms with Crippen LogP contribution in [0.5, 0.6) is 5.75 Å². The maximum Gasteiger partial charge on any atom is 0.123 e. The predicted octanol–water partition coefficient (Wildman–Crippen LogP) is 6.50. The first-order chi connectivity index (χ1) is 12.3. The Kier molecular flexibility index (Phi) is 4.89. The van der Waals surface area contributed by atoms with Crippen LogP contribution in [0.25, 0.3) is 10.4 Å². The van der Waals surface area contributed by atoms with E-state index in [2.05, 4.69) is 66.9 Å². The summed E-state index contributed by atoms with van der Waals surface area (Å²) in [5.74, 6) is 1.11. The summed E-state index contributed by atoms with van der Waals surface area (Å²) in [4.78, 5) is 1.32. The molecule has 1 atom stereocenters. The molecule has 0 amide bonds.